The topological polar surface area (TPSA) is 124 Å². The SMILES string of the molecule is Nc1ccc([N+](=O)[O-])cc1C(=O)NCC1(N)CCCCC1. The van der Waals surface area contributed by atoms with Gasteiger partial charge < -0.3 is 16.8 Å². The van der Waals surface area contributed by atoms with Gasteiger partial charge in [0.2, 0.25) is 0 Å². The highest BCUT2D eigenvalue weighted by molar-refractivity contribution is 5.99. The second-order valence-corrected chi connectivity index (χ2v) is 5.63. The van der Waals surface area contributed by atoms with Crippen LogP contribution in [0.3, 0.4) is 0 Å². The Morgan fingerprint density at radius 3 is 2.62 bits per heavy atom. The van der Waals surface area contributed by atoms with Crippen molar-refractivity contribution in [3.63, 3.8) is 0 Å². The van der Waals surface area contributed by atoms with E-state index < -0.39 is 10.8 Å². The van der Waals surface area contributed by atoms with Crippen LogP contribution in [0.1, 0.15) is 42.5 Å². The number of benzene rings is 1. The standard InChI is InChI=1S/C14H20N4O3/c15-12-5-4-10(18(20)21)8-11(12)13(19)17-9-14(16)6-2-1-3-7-14/h4-5,8H,1-3,6-7,9,15-16H2,(H,17,19). The molecule has 0 aliphatic heterocycles. The van der Waals surface area contributed by atoms with Gasteiger partial charge in [-0.25, -0.2) is 0 Å². The maximum Gasteiger partial charge on any atom is 0.270 e. The molecule has 1 aromatic carbocycles. The zero-order valence-corrected chi connectivity index (χ0v) is 11.8. The van der Waals surface area contributed by atoms with Crippen LogP contribution in [0.15, 0.2) is 18.2 Å². The van der Waals surface area contributed by atoms with E-state index in [1.54, 1.807) is 0 Å². The number of hydrogen-bond acceptors (Lipinski definition) is 5. The van der Waals surface area contributed by atoms with Crippen molar-refractivity contribution >= 4 is 17.3 Å². The molecule has 0 unspecified atom stereocenters. The Morgan fingerprint density at radius 2 is 2.00 bits per heavy atom. The molecule has 0 radical (unpaired) electrons. The molecule has 7 heteroatoms. The molecule has 1 aliphatic carbocycles. The van der Waals surface area contributed by atoms with E-state index in [-0.39, 0.29) is 22.5 Å². The summed E-state index contributed by atoms with van der Waals surface area (Å²) >= 11 is 0. The second-order valence-electron chi connectivity index (χ2n) is 5.63. The highest BCUT2D eigenvalue weighted by Crippen LogP contribution is 2.25. The van der Waals surface area contributed by atoms with Gasteiger partial charge in [-0.2, -0.15) is 0 Å². The molecular formula is C14H20N4O3. The average Bonchev–Trinajstić information content (AvgIpc) is 2.46. The van der Waals surface area contributed by atoms with E-state index in [4.69, 9.17) is 11.5 Å². The number of non-ortho nitro benzene ring substituents is 1. The molecule has 0 heterocycles. The fourth-order valence-electron chi connectivity index (χ4n) is 2.64. The van der Waals surface area contributed by atoms with Gasteiger partial charge in [-0.15, -0.1) is 0 Å². The van der Waals surface area contributed by atoms with Crippen LogP contribution < -0.4 is 16.8 Å². The number of carbonyl (C=O) groups is 1. The molecule has 0 aromatic heterocycles. The molecule has 0 spiro atoms. The van der Waals surface area contributed by atoms with E-state index >= 15 is 0 Å². The fourth-order valence-corrected chi connectivity index (χ4v) is 2.64. The maximum atomic E-state index is 12.2. The summed E-state index contributed by atoms with van der Waals surface area (Å²) in [4.78, 5) is 22.4. The van der Waals surface area contributed by atoms with Crippen molar-refractivity contribution in [2.45, 2.75) is 37.6 Å². The average molecular weight is 292 g/mol. The lowest BCUT2D eigenvalue weighted by Crippen LogP contribution is -2.51. The first-order valence-corrected chi connectivity index (χ1v) is 7.02. The van der Waals surface area contributed by atoms with Crippen molar-refractivity contribution in [2.75, 3.05) is 12.3 Å². The Morgan fingerprint density at radius 1 is 1.33 bits per heavy atom. The number of nitro groups is 1. The number of anilines is 1. The van der Waals surface area contributed by atoms with Crippen LogP contribution >= 0.6 is 0 Å². The molecule has 7 nitrogen and oxygen atoms in total. The summed E-state index contributed by atoms with van der Waals surface area (Å²) in [5.41, 5.74) is 11.8. The van der Waals surface area contributed by atoms with E-state index in [2.05, 4.69) is 5.32 Å². The monoisotopic (exact) mass is 292 g/mol. The third kappa shape index (κ3) is 3.69. The van der Waals surface area contributed by atoms with Gasteiger partial charge in [-0.05, 0) is 18.9 Å². The normalized spacial score (nSPS) is 17.2. The molecular weight excluding hydrogens is 272 g/mol. The zero-order chi connectivity index (χ0) is 15.5. The van der Waals surface area contributed by atoms with Crippen LogP contribution in [0.25, 0.3) is 0 Å². The molecule has 1 saturated carbocycles. The summed E-state index contributed by atoms with van der Waals surface area (Å²) in [6.45, 7) is 0.355. The smallest absolute Gasteiger partial charge is 0.270 e. The summed E-state index contributed by atoms with van der Waals surface area (Å²) in [5, 5.41) is 13.5. The Balaban J connectivity index is 2.06. The number of nitro benzene ring substituents is 1. The third-order valence-electron chi connectivity index (χ3n) is 3.94. The minimum atomic E-state index is -0.554. The zero-order valence-electron chi connectivity index (χ0n) is 11.8. The predicted octanol–water partition coefficient (Wildman–Crippen LogP) is 1.57. The van der Waals surface area contributed by atoms with Gasteiger partial charge in [-0.3, -0.25) is 14.9 Å². The molecule has 0 saturated heterocycles. The molecule has 1 aromatic rings. The lowest BCUT2D eigenvalue weighted by atomic mass is 9.82. The second kappa shape index (κ2) is 6.09. The van der Waals surface area contributed by atoms with Crippen molar-refractivity contribution < 1.29 is 9.72 Å². The molecule has 0 atom stereocenters. The highest BCUT2D eigenvalue weighted by atomic mass is 16.6. The fraction of sp³-hybridized carbons (Fsp3) is 0.500. The van der Waals surface area contributed by atoms with E-state index in [0.29, 0.717) is 6.54 Å². The van der Waals surface area contributed by atoms with Crippen LogP contribution in [0.4, 0.5) is 11.4 Å². The van der Waals surface area contributed by atoms with Crippen molar-refractivity contribution in [3.05, 3.63) is 33.9 Å². The van der Waals surface area contributed by atoms with Crippen LogP contribution in [0.2, 0.25) is 0 Å². The Labute approximate surface area is 122 Å². The van der Waals surface area contributed by atoms with Crippen LogP contribution in [0, 0.1) is 10.1 Å². The highest BCUT2D eigenvalue weighted by Gasteiger charge is 2.28. The maximum absolute atomic E-state index is 12.2. The van der Waals surface area contributed by atoms with Crippen molar-refractivity contribution in [1.82, 2.24) is 5.32 Å². The van der Waals surface area contributed by atoms with E-state index in [1.807, 2.05) is 0 Å². The molecule has 1 fully saturated rings. The number of amides is 1. The van der Waals surface area contributed by atoms with E-state index in [1.165, 1.54) is 24.6 Å². The Bertz CT molecular complexity index is 553. The first-order chi connectivity index (χ1) is 9.91. The van der Waals surface area contributed by atoms with Gasteiger partial charge in [0.15, 0.2) is 0 Å². The largest absolute Gasteiger partial charge is 0.398 e. The Kier molecular flexibility index (Phi) is 4.42. The summed E-state index contributed by atoms with van der Waals surface area (Å²) in [6, 6.07) is 3.83. The Hall–Kier alpha value is -2.15. The minimum absolute atomic E-state index is 0.114. The number of nitrogens with two attached hydrogens (primary N) is 2. The van der Waals surface area contributed by atoms with Crippen LogP contribution in [0.5, 0.6) is 0 Å². The molecule has 2 rings (SSSR count). The van der Waals surface area contributed by atoms with Gasteiger partial charge in [0.05, 0.1) is 10.5 Å². The van der Waals surface area contributed by atoms with Crippen molar-refractivity contribution in [2.24, 2.45) is 5.73 Å². The van der Waals surface area contributed by atoms with Gasteiger partial charge in [0.1, 0.15) is 0 Å². The summed E-state index contributed by atoms with van der Waals surface area (Å²) < 4.78 is 0. The summed E-state index contributed by atoms with van der Waals surface area (Å²) in [5.74, 6) is -0.424. The van der Waals surface area contributed by atoms with Gasteiger partial charge in [0, 0.05) is 29.9 Å². The lowest BCUT2D eigenvalue weighted by Gasteiger charge is -2.33. The quantitative estimate of drug-likeness (QED) is 0.441. The first kappa shape index (κ1) is 15.2. The van der Waals surface area contributed by atoms with Crippen molar-refractivity contribution in [1.29, 1.82) is 0 Å². The first-order valence-electron chi connectivity index (χ1n) is 7.02. The van der Waals surface area contributed by atoms with E-state index in [9.17, 15) is 14.9 Å². The van der Waals surface area contributed by atoms with Gasteiger partial charge >= 0.3 is 0 Å². The number of nitrogens with zero attached hydrogens (tertiary/aromatic N) is 1. The molecule has 114 valence electrons. The van der Waals surface area contributed by atoms with Gasteiger partial charge in [0.25, 0.3) is 11.6 Å². The minimum Gasteiger partial charge on any atom is -0.398 e. The van der Waals surface area contributed by atoms with Crippen molar-refractivity contribution in [3.8, 4) is 0 Å². The van der Waals surface area contributed by atoms with Gasteiger partial charge in [-0.1, -0.05) is 19.3 Å². The molecule has 0 bridgehead atoms. The molecule has 5 N–H and O–H groups in total. The number of hydrogen-bond donors (Lipinski definition) is 3. The van der Waals surface area contributed by atoms with E-state index in [0.717, 1.165) is 25.7 Å². The summed E-state index contributed by atoms with van der Waals surface area (Å²) in [6.07, 6.45) is 5.04. The molecule has 21 heavy (non-hydrogen) atoms. The number of carbonyl (C=O) groups excluding carboxylic acids is 1. The molecule has 1 aliphatic rings. The predicted molar refractivity (Wildman–Crippen MR) is 79.8 cm³/mol. The number of rotatable bonds is 4. The third-order valence-corrected chi connectivity index (χ3v) is 3.94. The van der Waals surface area contributed by atoms with Crippen LogP contribution in [-0.2, 0) is 0 Å². The molecule has 1 amide bonds. The number of nitrogen functional groups attached to an aromatic ring is 1. The van der Waals surface area contributed by atoms with Crippen LogP contribution in [-0.4, -0.2) is 22.9 Å². The lowest BCUT2D eigenvalue weighted by molar-refractivity contribution is -0.384. The summed E-state index contributed by atoms with van der Waals surface area (Å²) in [7, 11) is 0. The number of nitrogens with one attached hydrogen (secondary N) is 1.